The van der Waals surface area contributed by atoms with Crippen LogP contribution >= 0.6 is 11.8 Å². The lowest BCUT2D eigenvalue weighted by Gasteiger charge is -2.26. The van der Waals surface area contributed by atoms with Gasteiger partial charge in [0.25, 0.3) is 0 Å². The van der Waals surface area contributed by atoms with Gasteiger partial charge in [0.2, 0.25) is 11.8 Å². The Morgan fingerprint density at radius 1 is 0.844 bits per heavy atom. The largest absolute Gasteiger partial charge is 0.494 e. The predicted molar refractivity (Wildman–Crippen MR) is 128 cm³/mol. The molecule has 170 valence electrons. The van der Waals surface area contributed by atoms with Crippen LogP contribution in [0.4, 0.5) is 0 Å². The summed E-state index contributed by atoms with van der Waals surface area (Å²) in [7, 11) is 0. The molecular formula is C25H31N3O3S. The lowest BCUT2D eigenvalue weighted by Crippen LogP contribution is -2.31. The first-order valence-electron chi connectivity index (χ1n) is 11.4. The third-order valence-corrected chi connectivity index (χ3v) is 6.28. The highest BCUT2D eigenvalue weighted by molar-refractivity contribution is 7.98. The number of piperidine rings is 1. The number of thioether (sulfide) groups is 1. The van der Waals surface area contributed by atoms with E-state index >= 15 is 0 Å². The van der Waals surface area contributed by atoms with Gasteiger partial charge < -0.3 is 18.8 Å². The summed E-state index contributed by atoms with van der Waals surface area (Å²) in [6.07, 6.45) is 5.11. The molecule has 0 unspecified atom stereocenters. The summed E-state index contributed by atoms with van der Waals surface area (Å²) in [5.41, 5.74) is 0.904. The fraction of sp³-hybridized carbons (Fsp3) is 0.440. The van der Waals surface area contributed by atoms with Gasteiger partial charge in [-0.3, -0.25) is 0 Å². The fourth-order valence-corrected chi connectivity index (χ4v) is 4.31. The van der Waals surface area contributed by atoms with Crippen LogP contribution in [0.3, 0.4) is 0 Å². The first-order valence-corrected chi connectivity index (χ1v) is 12.6. The number of hydrogen-bond donors (Lipinski definition) is 0. The van der Waals surface area contributed by atoms with E-state index in [0.29, 0.717) is 24.1 Å². The molecule has 1 fully saturated rings. The van der Waals surface area contributed by atoms with Gasteiger partial charge >= 0.3 is 0 Å². The van der Waals surface area contributed by atoms with Crippen molar-refractivity contribution < 1.29 is 13.9 Å². The topological polar surface area (TPSA) is 60.6 Å². The van der Waals surface area contributed by atoms with Crippen molar-refractivity contribution >= 4 is 11.8 Å². The van der Waals surface area contributed by atoms with Crippen LogP contribution < -0.4 is 9.47 Å². The van der Waals surface area contributed by atoms with Crippen LogP contribution in [0.2, 0.25) is 0 Å². The predicted octanol–water partition coefficient (Wildman–Crippen LogP) is 5.30. The number of benzene rings is 2. The Bertz CT molecular complexity index is 912. The second-order valence-electron chi connectivity index (χ2n) is 7.84. The quantitative estimate of drug-likeness (QED) is 0.345. The lowest BCUT2D eigenvalue weighted by molar-refractivity contribution is 0.205. The summed E-state index contributed by atoms with van der Waals surface area (Å²) in [5, 5.41) is 8.34. The Morgan fingerprint density at radius 3 is 2.41 bits per heavy atom. The van der Waals surface area contributed by atoms with Crippen molar-refractivity contribution in [2.24, 2.45) is 0 Å². The van der Waals surface area contributed by atoms with Crippen LogP contribution in [0.5, 0.6) is 11.5 Å². The van der Waals surface area contributed by atoms with Gasteiger partial charge in [-0.05, 0) is 68.8 Å². The molecule has 32 heavy (non-hydrogen) atoms. The Morgan fingerprint density at radius 2 is 1.59 bits per heavy atom. The summed E-state index contributed by atoms with van der Waals surface area (Å²) < 4.78 is 17.4. The molecule has 1 aromatic heterocycles. The van der Waals surface area contributed by atoms with Crippen molar-refractivity contribution in [2.75, 3.05) is 38.6 Å². The Kier molecular flexibility index (Phi) is 8.86. The molecule has 0 aliphatic carbocycles. The molecule has 3 aromatic rings. The zero-order valence-corrected chi connectivity index (χ0v) is 19.3. The molecule has 0 spiro atoms. The molecule has 0 bridgehead atoms. The zero-order chi connectivity index (χ0) is 21.8. The molecule has 0 N–H and O–H groups in total. The highest BCUT2D eigenvalue weighted by Crippen LogP contribution is 2.23. The van der Waals surface area contributed by atoms with E-state index in [-0.39, 0.29) is 0 Å². The fourth-order valence-electron chi connectivity index (χ4n) is 3.68. The highest BCUT2D eigenvalue weighted by atomic mass is 32.2. The van der Waals surface area contributed by atoms with Crippen LogP contribution in [-0.4, -0.2) is 53.7 Å². The van der Waals surface area contributed by atoms with Crippen LogP contribution in [0.25, 0.3) is 11.5 Å². The van der Waals surface area contributed by atoms with Crippen molar-refractivity contribution in [3.63, 3.8) is 0 Å². The van der Waals surface area contributed by atoms with Crippen molar-refractivity contribution in [3.05, 3.63) is 60.5 Å². The van der Waals surface area contributed by atoms with Crippen LogP contribution in [0.15, 0.2) is 59.0 Å². The van der Waals surface area contributed by atoms with E-state index < -0.39 is 0 Å². The van der Waals surface area contributed by atoms with E-state index in [9.17, 15) is 0 Å². The van der Waals surface area contributed by atoms with Gasteiger partial charge in [0.05, 0.1) is 19.0 Å². The van der Waals surface area contributed by atoms with E-state index in [4.69, 9.17) is 13.9 Å². The Balaban J connectivity index is 1.14. The number of hydrogen-bond acceptors (Lipinski definition) is 7. The van der Waals surface area contributed by atoms with Gasteiger partial charge in [0, 0.05) is 17.9 Å². The molecule has 1 aliphatic heterocycles. The Hall–Kier alpha value is -2.51. The molecule has 2 heterocycles. The summed E-state index contributed by atoms with van der Waals surface area (Å²) in [6.45, 7) is 4.99. The first kappa shape index (κ1) is 22.7. The molecule has 4 rings (SSSR count). The number of rotatable bonds is 12. The number of nitrogens with zero attached hydrogens (tertiary/aromatic N) is 3. The maximum absolute atomic E-state index is 5.89. The summed E-state index contributed by atoms with van der Waals surface area (Å²) in [5.74, 6) is 4.46. The highest BCUT2D eigenvalue weighted by Gasteiger charge is 2.10. The van der Waals surface area contributed by atoms with E-state index in [0.717, 1.165) is 42.4 Å². The molecule has 7 heteroatoms. The van der Waals surface area contributed by atoms with Crippen molar-refractivity contribution in [3.8, 4) is 23.0 Å². The SMILES string of the molecule is c1ccc(OCCSCc2nnc(-c3ccc(OCCCN4CCCCC4)cc3)o2)cc1. The number of ether oxygens (including phenoxy) is 2. The molecule has 0 amide bonds. The van der Waals surface area contributed by atoms with E-state index in [1.165, 1.54) is 32.4 Å². The van der Waals surface area contributed by atoms with Crippen LogP contribution in [0, 0.1) is 0 Å². The summed E-state index contributed by atoms with van der Waals surface area (Å²) in [4.78, 5) is 2.54. The van der Waals surface area contributed by atoms with E-state index in [1.54, 1.807) is 11.8 Å². The van der Waals surface area contributed by atoms with Gasteiger partial charge in [-0.2, -0.15) is 0 Å². The monoisotopic (exact) mass is 453 g/mol. The molecule has 0 radical (unpaired) electrons. The second kappa shape index (κ2) is 12.5. The average molecular weight is 454 g/mol. The summed E-state index contributed by atoms with van der Waals surface area (Å²) >= 11 is 1.71. The lowest BCUT2D eigenvalue weighted by atomic mass is 10.1. The molecule has 1 saturated heterocycles. The molecule has 0 atom stereocenters. The minimum Gasteiger partial charge on any atom is -0.494 e. The standard InChI is InChI=1S/C25H31N3O3S/c1-3-8-22(9-4-1)30-18-19-32-20-24-26-27-25(31-24)21-10-12-23(13-11-21)29-17-7-16-28-14-5-2-6-15-28/h1,3-4,8-13H,2,5-7,14-20H2. The molecule has 0 saturated carbocycles. The van der Waals surface area contributed by atoms with Gasteiger partial charge in [-0.1, -0.05) is 24.6 Å². The van der Waals surface area contributed by atoms with Crippen LogP contribution in [0.1, 0.15) is 31.6 Å². The van der Waals surface area contributed by atoms with E-state index in [2.05, 4.69) is 15.1 Å². The maximum atomic E-state index is 5.89. The number of likely N-dealkylation sites (tertiary alicyclic amines) is 1. The third-order valence-electron chi connectivity index (χ3n) is 5.37. The van der Waals surface area contributed by atoms with Crippen molar-refractivity contribution in [1.82, 2.24) is 15.1 Å². The van der Waals surface area contributed by atoms with Crippen LogP contribution in [-0.2, 0) is 5.75 Å². The van der Waals surface area contributed by atoms with Crippen molar-refractivity contribution in [1.29, 1.82) is 0 Å². The Labute approximate surface area is 194 Å². The van der Waals surface area contributed by atoms with E-state index in [1.807, 2.05) is 54.6 Å². The van der Waals surface area contributed by atoms with Gasteiger partial charge in [-0.25, -0.2) is 0 Å². The minimum atomic E-state index is 0.540. The molecule has 1 aliphatic rings. The smallest absolute Gasteiger partial charge is 0.247 e. The first-order chi connectivity index (χ1) is 15.9. The van der Waals surface area contributed by atoms with Gasteiger partial charge in [-0.15, -0.1) is 22.0 Å². The normalized spacial score (nSPS) is 14.4. The molecular weight excluding hydrogens is 422 g/mol. The number of para-hydroxylation sites is 1. The second-order valence-corrected chi connectivity index (χ2v) is 8.95. The maximum Gasteiger partial charge on any atom is 0.247 e. The van der Waals surface area contributed by atoms with Gasteiger partial charge in [0.1, 0.15) is 11.5 Å². The minimum absolute atomic E-state index is 0.540. The van der Waals surface area contributed by atoms with Gasteiger partial charge in [0.15, 0.2) is 0 Å². The van der Waals surface area contributed by atoms with Crippen molar-refractivity contribution in [2.45, 2.75) is 31.4 Å². The zero-order valence-electron chi connectivity index (χ0n) is 18.4. The number of aromatic nitrogens is 2. The average Bonchev–Trinajstić information content (AvgIpc) is 3.32. The third kappa shape index (κ3) is 7.28. The molecule has 2 aromatic carbocycles. The summed E-state index contributed by atoms with van der Waals surface area (Å²) in [6, 6.07) is 17.7. The molecule has 6 nitrogen and oxygen atoms in total.